The molecule has 3 heteroatoms. The third-order valence-corrected chi connectivity index (χ3v) is 4.63. The minimum Gasteiger partial charge on any atom is -0.309 e. The molecular weight excluding hydrogens is 282 g/mol. The summed E-state index contributed by atoms with van der Waals surface area (Å²) < 4.78 is 1.18. The maximum atomic E-state index is 3.60. The largest absolute Gasteiger partial charge is 0.309 e. The summed E-state index contributed by atoms with van der Waals surface area (Å²) in [7, 11) is 2.00. The van der Waals surface area contributed by atoms with E-state index in [1.165, 1.54) is 20.5 Å². The molecule has 84 valence electrons. The summed E-state index contributed by atoms with van der Waals surface area (Å²) in [5, 5.41) is 5.50. The molecule has 1 heterocycles. The van der Waals surface area contributed by atoms with Crippen LogP contribution in [-0.4, -0.2) is 7.05 Å². The van der Waals surface area contributed by atoms with Gasteiger partial charge < -0.3 is 5.32 Å². The van der Waals surface area contributed by atoms with Gasteiger partial charge in [-0.3, -0.25) is 0 Å². The Hall–Kier alpha value is -0.640. The van der Waals surface area contributed by atoms with Gasteiger partial charge in [-0.2, -0.15) is 0 Å². The van der Waals surface area contributed by atoms with Crippen molar-refractivity contribution in [3.05, 3.63) is 56.2 Å². The zero-order valence-electron chi connectivity index (χ0n) is 9.33. The van der Waals surface area contributed by atoms with Gasteiger partial charge in [-0.1, -0.05) is 24.3 Å². The lowest BCUT2D eigenvalue weighted by molar-refractivity contribution is 0.697. The molecular formula is C13H14BrNS. The van der Waals surface area contributed by atoms with Gasteiger partial charge in [0.2, 0.25) is 0 Å². The van der Waals surface area contributed by atoms with Gasteiger partial charge in [0.25, 0.3) is 0 Å². The second-order valence-corrected chi connectivity index (χ2v) is 5.51. The molecule has 0 fully saturated rings. The molecule has 1 N–H and O–H groups in total. The van der Waals surface area contributed by atoms with Crippen molar-refractivity contribution in [2.75, 3.05) is 7.05 Å². The molecule has 16 heavy (non-hydrogen) atoms. The van der Waals surface area contributed by atoms with E-state index in [9.17, 15) is 0 Å². The molecule has 2 rings (SSSR count). The molecule has 1 aromatic carbocycles. The van der Waals surface area contributed by atoms with E-state index in [1.54, 1.807) is 11.3 Å². The van der Waals surface area contributed by atoms with Gasteiger partial charge in [0, 0.05) is 9.35 Å². The molecule has 1 unspecified atom stereocenters. The number of aryl methyl sites for hydroxylation is 1. The monoisotopic (exact) mass is 295 g/mol. The quantitative estimate of drug-likeness (QED) is 0.898. The summed E-state index contributed by atoms with van der Waals surface area (Å²) in [5.74, 6) is 0. The van der Waals surface area contributed by atoms with Gasteiger partial charge in [0.05, 0.1) is 6.04 Å². The predicted molar refractivity (Wildman–Crippen MR) is 74.1 cm³/mol. The first kappa shape index (κ1) is 11.8. The molecule has 0 amide bonds. The third-order valence-electron chi connectivity index (χ3n) is 2.70. The molecule has 0 saturated carbocycles. The lowest BCUT2D eigenvalue weighted by Gasteiger charge is -2.18. The Morgan fingerprint density at radius 1 is 1.25 bits per heavy atom. The van der Waals surface area contributed by atoms with Crippen LogP contribution in [0.15, 0.2) is 40.2 Å². The van der Waals surface area contributed by atoms with Gasteiger partial charge in [0.1, 0.15) is 0 Å². The molecule has 1 nitrogen and oxygen atoms in total. The van der Waals surface area contributed by atoms with E-state index in [1.807, 2.05) is 7.05 Å². The van der Waals surface area contributed by atoms with Gasteiger partial charge in [-0.05, 0) is 52.5 Å². The van der Waals surface area contributed by atoms with Gasteiger partial charge >= 0.3 is 0 Å². The second-order valence-electron chi connectivity index (χ2n) is 3.71. The van der Waals surface area contributed by atoms with Crippen LogP contribution in [0.5, 0.6) is 0 Å². The molecule has 2 aromatic rings. The summed E-state index contributed by atoms with van der Waals surface area (Å²) in [6, 6.07) is 10.9. The molecule has 0 spiro atoms. The van der Waals surface area contributed by atoms with E-state index in [0.29, 0.717) is 0 Å². The molecule has 0 aliphatic carbocycles. The Bertz CT molecular complexity index is 478. The van der Waals surface area contributed by atoms with Crippen molar-refractivity contribution >= 4 is 27.3 Å². The highest BCUT2D eigenvalue weighted by molar-refractivity contribution is 9.10. The molecule has 0 radical (unpaired) electrons. The normalized spacial score (nSPS) is 12.7. The average molecular weight is 296 g/mol. The summed E-state index contributed by atoms with van der Waals surface area (Å²) in [6.45, 7) is 2.15. The fourth-order valence-electron chi connectivity index (χ4n) is 1.85. The molecule has 0 bridgehead atoms. The first-order valence-corrected chi connectivity index (χ1v) is 6.87. The Labute approximate surface area is 109 Å². The van der Waals surface area contributed by atoms with Gasteiger partial charge in [0.15, 0.2) is 0 Å². The van der Waals surface area contributed by atoms with Crippen molar-refractivity contribution in [3.8, 4) is 0 Å². The van der Waals surface area contributed by atoms with Crippen LogP contribution < -0.4 is 5.32 Å². The van der Waals surface area contributed by atoms with E-state index in [2.05, 4.69) is 63.9 Å². The van der Waals surface area contributed by atoms with Crippen molar-refractivity contribution in [3.63, 3.8) is 0 Å². The maximum absolute atomic E-state index is 3.60. The lowest BCUT2D eigenvalue weighted by Crippen LogP contribution is -2.17. The van der Waals surface area contributed by atoms with Crippen LogP contribution in [0.25, 0.3) is 0 Å². The molecule has 0 aliphatic rings. The highest BCUT2D eigenvalue weighted by Crippen LogP contribution is 2.33. The van der Waals surface area contributed by atoms with E-state index in [-0.39, 0.29) is 6.04 Å². The lowest BCUT2D eigenvalue weighted by atomic mass is 10.0. The van der Waals surface area contributed by atoms with Gasteiger partial charge in [-0.25, -0.2) is 0 Å². The Morgan fingerprint density at radius 2 is 2.00 bits per heavy atom. The predicted octanol–water partition coefficient (Wildman–Crippen LogP) is 4.13. The maximum Gasteiger partial charge on any atom is 0.0682 e. The van der Waals surface area contributed by atoms with Crippen molar-refractivity contribution in [1.82, 2.24) is 5.32 Å². The van der Waals surface area contributed by atoms with Crippen LogP contribution in [0.2, 0.25) is 0 Å². The van der Waals surface area contributed by atoms with Crippen LogP contribution in [0.3, 0.4) is 0 Å². The summed E-state index contributed by atoms with van der Waals surface area (Å²) in [4.78, 5) is 1.33. The SMILES string of the molecule is CNC(c1ccccc1C)c1sccc1Br. The van der Waals surface area contributed by atoms with Crippen molar-refractivity contribution in [2.45, 2.75) is 13.0 Å². The minimum absolute atomic E-state index is 0.274. The zero-order chi connectivity index (χ0) is 11.5. The van der Waals surface area contributed by atoms with Crippen molar-refractivity contribution in [1.29, 1.82) is 0 Å². The molecule has 0 aliphatic heterocycles. The Morgan fingerprint density at radius 3 is 2.56 bits per heavy atom. The van der Waals surface area contributed by atoms with E-state index in [0.717, 1.165) is 0 Å². The van der Waals surface area contributed by atoms with Gasteiger partial charge in [-0.15, -0.1) is 11.3 Å². The molecule has 0 saturated heterocycles. The first-order valence-electron chi connectivity index (χ1n) is 5.19. The summed E-state index contributed by atoms with van der Waals surface area (Å²) in [5.41, 5.74) is 2.66. The number of benzene rings is 1. The second kappa shape index (κ2) is 5.13. The highest BCUT2D eigenvalue weighted by atomic mass is 79.9. The van der Waals surface area contributed by atoms with Crippen LogP contribution in [-0.2, 0) is 0 Å². The van der Waals surface area contributed by atoms with Crippen molar-refractivity contribution in [2.24, 2.45) is 0 Å². The van der Waals surface area contributed by atoms with E-state index < -0.39 is 0 Å². The number of thiophene rings is 1. The van der Waals surface area contributed by atoms with E-state index >= 15 is 0 Å². The van der Waals surface area contributed by atoms with Crippen LogP contribution in [0.4, 0.5) is 0 Å². The first-order chi connectivity index (χ1) is 7.74. The molecule has 1 atom stereocenters. The Kier molecular flexibility index (Phi) is 3.79. The molecule has 1 aromatic heterocycles. The fourth-order valence-corrected chi connectivity index (χ4v) is 3.58. The number of rotatable bonds is 3. The number of nitrogens with one attached hydrogen (secondary N) is 1. The average Bonchev–Trinajstić information content (AvgIpc) is 2.69. The highest BCUT2D eigenvalue weighted by Gasteiger charge is 2.17. The van der Waals surface area contributed by atoms with Crippen LogP contribution >= 0.6 is 27.3 Å². The number of hydrogen-bond acceptors (Lipinski definition) is 2. The Balaban J connectivity index is 2.45. The minimum atomic E-state index is 0.274. The fraction of sp³-hybridized carbons (Fsp3) is 0.231. The number of hydrogen-bond donors (Lipinski definition) is 1. The third kappa shape index (κ3) is 2.21. The van der Waals surface area contributed by atoms with Crippen molar-refractivity contribution < 1.29 is 0 Å². The smallest absolute Gasteiger partial charge is 0.0682 e. The van der Waals surface area contributed by atoms with Crippen LogP contribution in [0, 0.1) is 6.92 Å². The van der Waals surface area contributed by atoms with Crippen LogP contribution in [0.1, 0.15) is 22.0 Å². The number of halogens is 1. The summed E-state index contributed by atoms with van der Waals surface area (Å²) >= 11 is 5.38. The zero-order valence-corrected chi connectivity index (χ0v) is 11.7. The topological polar surface area (TPSA) is 12.0 Å². The standard InChI is InChI=1S/C13H14BrNS/c1-9-5-3-4-6-10(9)12(15-2)13-11(14)7-8-16-13/h3-8,12,15H,1-2H3. The summed E-state index contributed by atoms with van der Waals surface area (Å²) in [6.07, 6.45) is 0. The van der Waals surface area contributed by atoms with E-state index in [4.69, 9.17) is 0 Å².